The van der Waals surface area contributed by atoms with Gasteiger partial charge in [0, 0.05) is 6.54 Å². The second-order valence-electron chi connectivity index (χ2n) is 4.86. The third-order valence-electron chi connectivity index (χ3n) is 3.58. The summed E-state index contributed by atoms with van der Waals surface area (Å²) in [6.45, 7) is 5.21. The van der Waals surface area contributed by atoms with Crippen molar-refractivity contribution in [3.8, 4) is 0 Å². The van der Waals surface area contributed by atoms with E-state index in [1.807, 2.05) is 6.92 Å². The molecule has 2 aliphatic rings. The van der Waals surface area contributed by atoms with Crippen molar-refractivity contribution in [2.45, 2.75) is 44.8 Å². The second-order valence-corrected chi connectivity index (χ2v) is 4.86. The van der Waals surface area contributed by atoms with Gasteiger partial charge in [0.05, 0.1) is 19.3 Å². The fourth-order valence-electron chi connectivity index (χ4n) is 2.62. The molecule has 0 aromatic heterocycles. The highest BCUT2D eigenvalue weighted by atomic mass is 16.7. The Morgan fingerprint density at radius 1 is 1.39 bits per heavy atom. The van der Waals surface area contributed by atoms with E-state index in [9.17, 15) is 4.79 Å². The standard InChI is InChI=1S/C13H23NO4/c1-2-17-13(15)12-5-3-4-7-14(12)9-11-6-8-16-10-18-11/h11-12H,2-10H2,1H3. The van der Waals surface area contributed by atoms with Crippen LogP contribution in [0.1, 0.15) is 32.6 Å². The van der Waals surface area contributed by atoms with Crippen LogP contribution in [0.25, 0.3) is 0 Å². The topological polar surface area (TPSA) is 48.0 Å². The Morgan fingerprint density at radius 3 is 3.00 bits per heavy atom. The summed E-state index contributed by atoms with van der Waals surface area (Å²) in [6.07, 6.45) is 4.26. The van der Waals surface area contributed by atoms with Gasteiger partial charge in [0.25, 0.3) is 0 Å². The first-order valence-corrected chi connectivity index (χ1v) is 6.91. The highest BCUT2D eigenvalue weighted by Gasteiger charge is 2.31. The molecule has 0 aromatic carbocycles. The van der Waals surface area contributed by atoms with Crippen LogP contribution >= 0.6 is 0 Å². The van der Waals surface area contributed by atoms with Crippen LogP contribution in [0.15, 0.2) is 0 Å². The molecule has 5 heteroatoms. The summed E-state index contributed by atoms with van der Waals surface area (Å²) in [5.41, 5.74) is 0. The van der Waals surface area contributed by atoms with Crippen LogP contribution in [-0.4, -0.2) is 56.1 Å². The normalized spacial score (nSPS) is 30.1. The molecule has 2 fully saturated rings. The molecule has 0 spiro atoms. The van der Waals surface area contributed by atoms with Crippen LogP contribution in [0, 0.1) is 0 Å². The summed E-state index contributed by atoms with van der Waals surface area (Å²) in [5, 5.41) is 0. The number of carbonyl (C=O) groups is 1. The first-order valence-electron chi connectivity index (χ1n) is 6.91. The summed E-state index contributed by atoms with van der Waals surface area (Å²) < 4.78 is 15.9. The van der Waals surface area contributed by atoms with Crippen molar-refractivity contribution < 1.29 is 19.0 Å². The lowest BCUT2D eigenvalue weighted by atomic mass is 10.0. The molecule has 18 heavy (non-hydrogen) atoms. The van der Waals surface area contributed by atoms with Gasteiger partial charge in [0.15, 0.2) is 0 Å². The van der Waals surface area contributed by atoms with Gasteiger partial charge in [-0.25, -0.2) is 0 Å². The number of carbonyl (C=O) groups excluding carboxylic acids is 1. The molecular formula is C13H23NO4. The van der Waals surface area contributed by atoms with Crippen molar-refractivity contribution in [1.82, 2.24) is 4.90 Å². The molecule has 0 saturated carbocycles. The molecule has 2 unspecified atom stereocenters. The highest BCUT2D eigenvalue weighted by molar-refractivity contribution is 5.75. The molecular weight excluding hydrogens is 234 g/mol. The molecule has 0 aromatic rings. The van der Waals surface area contributed by atoms with Gasteiger partial charge in [0.2, 0.25) is 0 Å². The van der Waals surface area contributed by atoms with Crippen LogP contribution in [0.5, 0.6) is 0 Å². The van der Waals surface area contributed by atoms with Gasteiger partial charge in [-0.15, -0.1) is 0 Å². The lowest BCUT2D eigenvalue weighted by Crippen LogP contribution is -2.49. The van der Waals surface area contributed by atoms with Gasteiger partial charge < -0.3 is 14.2 Å². The Labute approximate surface area is 108 Å². The smallest absolute Gasteiger partial charge is 0.323 e. The summed E-state index contributed by atoms with van der Waals surface area (Å²) in [4.78, 5) is 14.1. The van der Waals surface area contributed by atoms with Crippen molar-refractivity contribution in [2.24, 2.45) is 0 Å². The largest absolute Gasteiger partial charge is 0.465 e. The maximum absolute atomic E-state index is 11.9. The number of esters is 1. The number of rotatable bonds is 4. The predicted octanol–water partition coefficient (Wildman–Crippen LogP) is 1.17. The molecule has 5 nitrogen and oxygen atoms in total. The Bertz CT molecular complexity index is 266. The maximum Gasteiger partial charge on any atom is 0.323 e. The molecule has 2 saturated heterocycles. The molecule has 0 aliphatic carbocycles. The van der Waals surface area contributed by atoms with Gasteiger partial charge in [-0.1, -0.05) is 6.42 Å². The predicted molar refractivity (Wildman–Crippen MR) is 66.2 cm³/mol. The monoisotopic (exact) mass is 257 g/mol. The molecule has 2 atom stereocenters. The van der Waals surface area contributed by atoms with E-state index >= 15 is 0 Å². The number of ether oxygens (including phenoxy) is 3. The molecule has 2 aliphatic heterocycles. The van der Waals surface area contributed by atoms with E-state index in [1.54, 1.807) is 0 Å². The van der Waals surface area contributed by atoms with Crippen LogP contribution < -0.4 is 0 Å². The van der Waals surface area contributed by atoms with Gasteiger partial charge in [-0.2, -0.15) is 0 Å². The molecule has 104 valence electrons. The van der Waals surface area contributed by atoms with E-state index < -0.39 is 0 Å². The van der Waals surface area contributed by atoms with E-state index in [0.717, 1.165) is 45.4 Å². The number of hydrogen-bond donors (Lipinski definition) is 0. The van der Waals surface area contributed by atoms with E-state index in [2.05, 4.69) is 4.90 Å². The number of nitrogens with zero attached hydrogens (tertiary/aromatic N) is 1. The van der Waals surface area contributed by atoms with Gasteiger partial charge in [-0.05, 0) is 32.7 Å². The first kappa shape index (κ1) is 13.8. The molecule has 0 N–H and O–H groups in total. The van der Waals surface area contributed by atoms with Crippen LogP contribution in [0.3, 0.4) is 0 Å². The van der Waals surface area contributed by atoms with Crippen LogP contribution in [-0.2, 0) is 19.0 Å². The van der Waals surface area contributed by atoms with Crippen molar-refractivity contribution in [2.75, 3.05) is 33.1 Å². The lowest BCUT2D eigenvalue weighted by molar-refractivity contribution is -0.159. The van der Waals surface area contributed by atoms with Crippen molar-refractivity contribution in [3.63, 3.8) is 0 Å². The van der Waals surface area contributed by atoms with E-state index in [-0.39, 0.29) is 18.1 Å². The highest BCUT2D eigenvalue weighted by Crippen LogP contribution is 2.20. The van der Waals surface area contributed by atoms with Gasteiger partial charge >= 0.3 is 5.97 Å². The number of piperidine rings is 1. The van der Waals surface area contributed by atoms with Crippen LogP contribution in [0.2, 0.25) is 0 Å². The summed E-state index contributed by atoms with van der Waals surface area (Å²) >= 11 is 0. The van der Waals surface area contributed by atoms with Crippen molar-refractivity contribution in [3.05, 3.63) is 0 Å². The number of likely N-dealkylation sites (tertiary alicyclic amines) is 1. The van der Waals surface area contributed by atoms with E-state index in [0.29, 0.717) is 13.4 Å². The fourth-order valence-corrected chi connectivity index (χ4v) is 2.62. The average Bonchev–Trinajstić information content (AvgIpc) is 2.41. The SMILES string of the molecule is CCOC(=O)C1CCCCN1CC1CCOCO1. The van der Waals surface area contributed by atoms with Crippen LogP contribution in [0.4, 0.5) is 0 Å². The Morgan fingerprint density at radius 2 is 2.28 bits per heavy atom. The summed E-state index contributed by atoms with van der Waals surface area (Å²) in [7, 11) is 0. The quantitative estimate of drug-likeness (QED) is 0.707. The minimum atomic E-state index is -0.0794. The van der Waals surface area contributed by atoms with Gasteiger partial charge in [0.1, 0.15) is 12.8 Å². The Kier molecular flexibility index (Phi) is 5.41. The van der Waals surface area contributed by atoms with Crippen molar-refractivity contribution in [1.29, 1.82) is 0 Å². The third kappa shape index (κ3) is 3.67. The third-order valence-corrected chi connectivity index (χ3v) is 3.58. The van der Waals surface area contributed by atoms with E-state index in [1.165, 1.54) is 0 Å². The number of hydrogen-bond acceptors (Lipinski definition) is 5. The lowest BCUT2D eigenvalue weighted by Gasteiger charge is -2.37. The average molecular weight is 257 g/mol. The summed E-state index contributed by atoms with van der Waals surface area (Å²) in [5.74, 6) is -0.0794. The Balaban J connectivity index is 1.88. The maximum atomic E-state index is 11.9. The van der Waals surface area contributed by atoms with Crippen molar-refractivity contribution >= 4 is 5.97 Å². The van der Waals surface area contributed by atoms with E-state index in [4.69, 9.17) is 14.2 Å². The molecule has 0 radical (unpaired) electrons. The zero-order valence-electron chi connectivity index (χ0n) is 11.1. The molecule has 0 bridgehead atoms. The zero-order valence-corrected chi connectivity index (χ0v) is 11.1. The fraction of sp³-hybridized carbons (Fsp3) is 0.923. The Hall–Kier alpha value is -0.650. The minimum Gasteiger partial charge on any atom is -0.465 e. The molecule has 0 amide bonds. The second kappa shape index (κ2) is 7.07. The molecule has 2 heterocycles. The minimum absolute atomic E-state index is 0.0786. The van der Waals surface area contributed by atoms with Gasteiger partial charge in [-0.3, -0.25) is 9.69 Å². The summed E-state index contributed by atoms with van der Waals surface area (Å²) in [6, 6.07) is -0.0786. The molecule has 2 rings (SSSR count). The first-order chi connectivity index (χ1) is 8.81. The zero-order chi connectivity index (χ0) is 12.8.